The van der Waals surface area contributed by atoms with Crippen LogP contribution >= 0.6 is 0 Å². The van der Waals surface area contributed by atoms with Crippen LogP contribution in [-0.4, -0.2) is 39.6 Å². The Kier molecular flexibility index (Phi) is 3.85. The van der Waals surface area contributed by atoms with Crippen molar-refractivity contribution < 1.29 is 19.8 Å². The molecule has 1 aliphatic carbocycles. The van der Waals surface area contributed by atoms with Crippen LogP contribution in [0.2, 0.25) is 0 Å². The number of phenolic OH excluding ortho intramolecular Hbond substituents is 1. The first-order chi connectivity index (χ1) is 9.06. The molecule has 0 saturated heterocycles. The van der Waals surface area contributed by atoms with Crippen LogP contribution in [0.25, 0.3) is 6.08 Å². The summed E-state index contributed by atoms with van der Waals surface area (Å²) >= 11 is 0. The Bertz CT molecular complexity index is 503. The van der Waals surface area contributed by atoms with E-state index in [2.05, 4.69) is 0 Å². The van der Waals surface area contributed by atoms with Crippen molar-refractivity contribution in [2.24, 2.45) is 0 Å². The van der Waals surface area contributed by atoms with Crippen LogP contribution in [-0.2, 0) is 9.59 Å². The van der Waals surface area contributed by atoms with E-state index in [-0.39, 0.29) is 24.2 Å². The number of amides is 1. The third kappa shape index (κ3) is 3.84. The van der Waals surface area contributed by atoms with Gasteiger partial charge in [-0.2, -0.15) is 0 Å². The number of carbonyl (C=O) groups is 2. The molecule has 1 aromatic rings. The molecule has 0 atom stereocenters. The van der Waals surface area contributed by atoms with E-state index in [0.717, 1.165) is 18.4 Å². The number of hydrogen-bond acceptors (Lipinski definition) is 3. The van der Waals surface area contributed by atoms with Gasteiger partial charge < -0.3 is 15.1 Å². The smallest absolute Gasteiger partial charge is 0.323 e. The zero-order chi connectivity index (χ0) is 13.8. The van der Waals surface area contributed by atoms with Gasteiger partial charge in [-0.25, -0.2) is 0 Å². The molecule has 0 spiro atoms. The number of carboxylic acid groups (broad SMARTS) is 1. The number of rotatable bonds is 5. The van der Waals surface area contributed by atoms with E-state index in [1.54, 1.807) is 18.2 Å². The highest BCUT2D eigenvalue weighted by atomic mass is 16.4. The lowest BCUT2D eigenvalue weighted by molar-refractivity contribution is -0.143. The summed E-state index contributed by atoms with van der Waals surface area (Å²) in [5, 5.41) is 17.9. The molecule has 0 heterocycles. The molecule has 1 saturated carbocycles. The van der Waals surface area contributed by atoms with Crippen molar-refractivity contribution in [1.82, 2.24) is 4.90 Å². The molecule has 0 aliphatic heterocycles. The van der Waals surface area contributed by atoms with Crippen molar-refractivity contribution in [3.8, 4) is 5.75 Å². The van der Waals surface area contributed by atoms with Crippen LogP contribution in [0.5, 0.6) is 5.75 Å². The van der Waals surface area contributed by atoms with E-state index >= 15 is 0 Å². The molecule has 1 aliphatic rings. The summed E-state index contributed by atoms with van der Waals surface area (Å²) in [6, 6.07) is 6.48. The molecular weight excluding hydrogens is 246 g/mol. The molecule has 2 N–H and O–H groups in total. The summed E-state index contributed by atoms with van der Waals surface area (Å²) in [5.74, 6) is -1.13. The Morgan fingerprint density at radius 3 is 2.42 bits per heavy atom. The van der Waals surface area contributed by atoms with Gasteiger partial charge in [0.1, 0.15) is 12.3 Å². The van der Waals surface area contributed by atoms with Crippen molar-refractivity contribution in [2.45, 2.75) is 18.9 Å². The predicted molar refractivity (Wildman–Crippen MR) is 69.5 cm³/mol. The standard InChI is InChI=1S/C14H15NO4/c16-12-6-1-10(2-7-12)3-8-13(17)15(9-14(18)19)11-4-5-11/h1-3,6-8,11,16H,4-5,9H2,(H,18,19). The molecule has 2 rings (SSSR count). The number of aromatic hydroxyl groups is 1. The average Bonchev–Trinajstić information content (AvgIpc) is 3.19. The third-order valence-corrected chi connectivity index (χ3v) is 2.89. The number of benzene rings is 1. The lowest BCUT2D eigenvalue weighted by Crippen LogP contribution is -2.36. The van der Waals surface area contributed by atoms with E-state index in [0.29, 0.717) is 0 Å². The van der Waals surface area contributed by atoms with E-state index in [1.807, 2.05) is 0 Å². The first kappa shape index (κ1) is 13.1. The number of nitrogens with zero attached hydrogens (tertiary/aromatic N) is 1. The third-order valence-electron chi connectivity index (χ3n) is 2.89. The number of phenols is 1. The lowest BCUT2D eigenvalue weighted by atomic mass is 10.2. The van der Waals surface area contributed by atoms with Crippen LogP contribution in [0.4, 0.5) is 0 Å². The Hall–Kier alpha value is -2.30. The lowest BCUT2D eigenvalue weighted by Gasteiger charge is -2.17. The molecule has 0 aromatic heterocycles. The fourth-order valence-corrected chi connectivity index (χ4v) is 1.77. The van der Waals surface area contributed by atoms with Gasteiger partial charge in [0.15, 0.2) is 0 Å². The van der Waals surface area contributed by atoms with Crippen LogP contribution in [0.15, 0.2) is 30.3 Å². The number of hydrogen-bond donors (Lipinski definition) is 2. The van der Waals surface area contributed by atoms with Crippen LogP contribution in [0.1, 0.15) is 18.4 Å². The molecule has 0 radical (unpaired) electrons. The summed E-state index contributed by atoms with van der Waals surface area (Å²) in [5.41, 5.74) is 0.775. The van der Waals surface area contributed by atoms with E-state index in [9.17, 15) is 9.59 Å². The maximum absolute atomic E-state index is 11.9. The van der Waals surface area contributed by atoms with E-state index in [1.165, 1.54) is 23.1 Å². The molecule has 19 heavy (non-hydrogen) atoms. The van der Waals surface area contributed by atoms with Crippen molar-refractivity contribution in [1.29, 1.82) is 0 Å². The summed E-state index contributed by atoms with van der Waals surface area (Å²) in [6.07, 6.45) is 4.71. The highest BCUT2D eigenvalue weighted by Gasteiger charge is 2.32. The van der Waals surface area contributed by atoms with Gasteiger partial charge >= 0.3 is 5.97 Å². The highest BCUT2D eigenvalue weighted by Crippen LogP contribution is 2.26. The number of carboxylic acids is 1. The number of aliphatic carboxylic acids is 1. The monoisotopic (exact) mass is 261 g/mol. The van der Waals surface area contributed by atoms with Gasteiger partial charge in [0.2, 0.25) is 5.91 Å². The Morgan fingerprint density at radius 1 is 1.26 bits per heavy atom. The highest BCUT2D eigenvalue weighted by molar-refractivity contribution is 5.94. The van der Waals surface area contributed by atoms with E-state index in [4.69, 9.17) is 10.2 Å². The zero-order valence-electron chi connectivity index (χ0n) is 10.3. The summed E-state index contributed by atoms with van der Waals surface area (Å²) in [7, 11) is 0. The van der Waals surface area contributed by atoms with Gasteiger partial charge in [0, 0.05) is 12.1 Å². The molecule has 0 unspecified atom stereocenters. The minimum Gasteiger partial charge on any atom is -0.508 e. The van der Waals surface area contributed by atoms with Crippen molar-refractivity contribution in [3.05, 3.63) is 35.9 Å². The molecule has 5 nitrogen and oxygen atoms in total. The minimum atomic E-state index is -1.00. The van der Waals surface area contributed by atoms with Gasteiger partial charge in [-0.15, -0.1) is 0 Å². The second-order valence-electron chi connectivity index (χ2n) is 4.52. The SMILES string of the molecule is O=C(O)CN(C(=O)C=Cc1ccc(O)cc1)C1CC1. The number of carbonyl (C=O) groups excluding carboxylic acids is 1. The van der Waals surface area contributed by atoms with Gasteiger partial charge in [0.25, 0.3) is 0 Å². The second kappa shape index (κ2) is 5.56. The molecule has 0 bridgehead atoms. The Morgan fingerprint density at radius 2 is 1.89 bits per heavy atom. The largest absolute Gasteiger partial charge is 0.508 e. The molecule has 1 aromatic carbocycles. The average molecular weight is 261 g/mol. The van der Waals surface area contributed by atoms with Crippen molar-refractivity contribution in [3.63, 3.8) is 0 Å². The minimum absolute atomic E-state index is 0.0630. The van der Waals surface area contributed by atoms with Gasteiger partial charge in [-0.3, -0.25) is 9.59 Å². The van der Waals surface area contributed by atoms with Crippen molar-refractivity contribution in [2.75, 3.05) is 6.54 Å². The summed E-state index contributed by atoms with van der Waals surface area (Å²) in [6.45, 7) is -0.260. The zero-order valence-corrected chi connectivity index (χ0v) is 10.3. The fourth-order valence-electron chi connectivity index (χ4n) is 1.77. The maximum atomic E-state index is 11.9. The van der Waals surface area contributed by atoms with Crippen LogP contribution in [0.3, 0.4) is 0 Å². The van der Waals surface area contributed by atoms with Crippen LogP contribution < -0.4 is 0 Å². The molecule has 1 fully saturated rings. The fraction of sp³-hybridized carbons (Fsp3) is 0.286. The Balaban J connectivity index is 2.01. The summed E-state index contributed by atoms with van der Waals surface area (Å²) < 4.78 is 0. The first-order valence-corrected chi connectivity index (χ1v) is 6.06. The normalized spacial score (nSPS) is 14.5. The summed E-state index contributed by atoms with van der Waals surface area (Å²) in [4.78, 5) is 24.0. The molecule has 5 heteroatoms. The molecule has 1 amide bonds. The maximum Gasteiger partial charge on any atom is 0.323 e. The topological polar surface area (TPSA) is 77.8 Å². The van der Waals surface area contributed by atoms with Crippen molar-refractivity contribution >= 4 is 18.0 Å². The van der Waals surface area contributed by atoms with Gasteiger partial charge in [0.05, 0.1) is 0 Å². The molecular formula is C14H15NO4. The van der Waals surface area contributed by atoms with E-state index < -0.39 is 5.97 Å². The quantitative estimate of drug-likeness (QED) is 0.787. The Labute approximate surface area is 110 Å². The predicted octanol–water partition coefficient (Wildman–Crippen LogP) is 1.48. The molecule has 100 valence electrons. The van der Waals surface area contributed by atoms with Gasteiger partial charge in [-0.05, 0) is 36.6 Å². The van der Waals surface area contributed by atoms with Crippen LogP contribution in [0, 0.1) is 0 Å². The second-order valence-corrected chi connectivity index (χ2v) is 4.52. The van der Waals surface area contributed by atoms with Gasteiger partial charge in [-0.1, -0.05) is 12.1 Å². The first-order valence-electron chi connectivity index (χ1n) is 6.06.